The normalized spacial score (nSPS) is 20.5. The molecule has 0 radical (unpaired) electrons. The van der Waals surface area contributed by atoms with Gasteiger partial charge in [-0.2, -0.15) is 0 Å². The summed E-state index contributed by atoms with van der Waals surface area (Å²) in [5.74, 6) is 0. The molecule has 0 amide bonds. The summed E-state index contributed by atoms with van der Waals surface area (Å²) in [6, 6.07) is 0.750. The van der Waals surface area contributed by atoms with Crippen LogP contribution in [0.15, 0.2) is 0 Å². The van der Waals surface area contributed by atoms with Gasteiger partial charge in [0.1, 0.15) is 0 Å². The van der Waals surface area contributed by atoms with E-state index in [1.165, 1.54) is 38.5 Å². The van der Waals surface area contributed by atoms with E-state index in [0.717, 1.165) is 19.1 Å². The summed E-state index contributed by atoms with van der Waals surface area (Å²) in [6.45, 7) is 4.46. The van der Waals surface area contributed by atoms with Gasteiger partial charge in [-0.3, -0.25) is 4.90 Å². The van der Waals surface area contributed by atoms with Gasteiger partial charge >= 0.3 is 0 Å². The molecule has 0 saturated heterocycles. The zero-order valence-corrected chi connectivity index (χ0v) is 8.84. The molecular weight excluding hydrogens is 162 g/mol. The molecule has 78 valence electrons. The van der Waals surface area contributed by atoms with Crippen LogP contribution in [-0.4, -0.2) is 35.7 Å². The zero-order chi connectivity index (χ0) is 9.52. The third-order valence-electron chi connectivity index (χ3n) is 3.13. The predicted octanol–water partition coefficient (Wildman–Crippen LogP) is 2.02. The quantitative estimate of drug-likeness (QED) is 0.677. The van der Waals surface area contributed by atoms with Crippen molar-refractivity contribution < 1.29 is 5.11 Å². The van der Waals surface area contributed by atoms with Crippen molar-refractivity contribution in [2.45, 2.75) is 51.5 Å². The van der Waals surface area contributed by atoms with E-state index in [2.05, 4.69) is 11.8 Å². The third kappa shape index (κ3) is 3.65. The predicted molar refractivity (Wildman–Crippen MR) is 55.8 cm³/mol. The van der Waals surface area contributed by atoms with Crippen molar-refractivity contribution in [1.82, 2.24) is 4.90 Å². The van der Waals surface area contributed by atoms with Crippen molar-refractivity contribution in [3.8, 4) is 0 Å². The molecule has 13 heavy (non-hydrogen) atoms. The van der Waals surface area contributed by atoms with Crippen LogP contribution in [0.2, 0.25) is 0 Å². The molecule has 0 heterocycles. The molecule has 0 aromatic rings. The Morgan fingerprint density at radius 1 is 1.15 bits per heavy atom. The molecule has 0 aromatic carbocycles. The average Bonchev–Trinajstić information content (AvgIpc) is 2.42. The van der Waals surface area contributed by atoms with Crippen LogP contribution in [-0.2, 0) is 0 Å². The van der Waals surface area contributed by atoms with E-state index in [1.54, 1.807) is 0 Å². The van der Waals surface area contributed by atoms with Crippen molar-refractivity contribution in [1.29, 1.82) is 0 Å². The minimum absolute atomic E-state index is 0.310. The lowest BCUT2D eigenvalue weighted by molar-refractivity contribution is 0.145. The van der Waals surface area contributed by atoms with Gasteiger partial charge in [0.15, 0.2) is 0 Å². The van der Waals surface area contributed by atoms with Gasteiger partial charge < -0.3 is 5.11 Å². The van der Waals surface area contributed by atoms with E-state index >= 15 is 0 Å². The molecule has 2 nitrogen and oxygen atoms in total. The van der Waals surface area contributed by atoms with Crippen molar-refractivity contribution in [3.05, 3.63) is 0 Å². The van der Waals surface area contributed by atoms with E-state index in [0.29, 0.717) is 6.61 Å². The van der Waals surface area contributed by atoms with Crippen LogP contribution < -0.4 is 0 Å². The Morgan fingerprint density at radius 3 is 2.23 bits per heavy atom. The van der Waals surface area contributed by atoms with Gasteiger partial charge in [-0.15, -0.1) is 0 Å². The fourth-order valence-electron chi connectivity index (χ4n) is 2.35. The van der Waals surface area contributed by atoms with Gasteiger partial charge in [-0.1, -0.05) is 32.6 Å². The molecule has 0 spiro atoms. The highest BCUT2D eigenvalue weighted by atomic mass is 16.3. The summed E-state index contributed by atoms with van der Waals surface area (Å²) in [4.78, 5) is 2.44. The number of likely N-dealkylation sites (N-methyl/N-ethyl adjacent to an activating group) is 1. The van der Waals surface area contributed by atoms with E-state index in [1.807, 2.05) is 0 Å². The molecule has 2 heteroatoms. The van der Waals surface area contributed by atoms with Gasteiger partial charge in [0, 0.05) is 12.6 Å². The minimum atomic E-state index is 0.310. The van der Waals surface area contributed by atoms with Crippen LogP contribution in [0.5, 0.6) is 0 Å². The smallest absolute Gasteiger partial charge is 0.0558 e. The first-order valence-electron chi connectivity index (χ1n) is 5.73. The maximum Gasteiger partial charge on any atom is 0.0558 e. The lowest BCUT2D eigenvalue weighted by Gasteiger charge is -2.29. The number of hydrogen-bond acceptors (Lipinski definition) is 2. The summed E-state index contributed by atoms with van der Waals surface area (Å²) in [5.41, 5.74) is 0. The highest BCUT2D eigenvalue weighted by molar-refractivity contribution is 4.73. The number of aliphatic hydroxyl groups excluding tert-OH is 1. The van der Waals surface area contributed by atoms with Crippen molar-refractivity contribution >= 4 is 0 Å². The minimum Gasteiger partial charge on any atom is -0.395 e. The molecule has 1 rings (SSSR count). The molecule has 0 aliphatic heterocycles. The summed E-state index contributed by atoms with van der Waals surface area (Å²) < 4.78 is 0. The van der Waals surface area contributed by atoms with Gasteiger partial charge in [-0.05, 0) is 19.4 Å². The molecule has 1 aliphatic carbocycles. The Hall–Kier alpha value is -0.0800. The molecule has 1 aliphatic rings. The summed E-state index contributed by atoms with van der Waals surface area (Å²) in [7, 11) is 0. The van der Waals surface area contributed by atoms with Crippen LogP contribution in [0.3, 0.4) is 0 Å². The Balaban J connectivity index is 2.35. The molecule has 1 saturated carbocycles. The summed E-state index contributed by atoms with van der Waals surface area (Å²) in [5, 5.41) is 8.93. The van der Waals surface area contributed by atoms with E-state index in [9.17, 15) is 0 Å². The highest BCUT2D eigenvalue weighted by Crippen LogP contribution is 2.21. The second kappa shape index (κ2) is 6.39. The first-order chi connectivity index (χ1) is 6.38. The number of nitrogens with zero attached hydrogens (tertiary/aromatic N) is 1. The fourth-order valence-corrected chi connectivity index (χ4v) is 2.35. The van der Waals surface area contributed by atoms with Crippen molar-refractivity contribution in [3.63, 3.8) is 0 Å². The Labute approximate surface area is 81.9 Å². The van der Waals surface area contributed by atoms with Crippen molar-refractivity contribution in [2.24, 2.45) is 0 Å². The van der Waals surface area contributed by atoms with Crippen LogP contribution in [0.4, 0.5) is 0 Å². The first-order valence-corrected chi connectivity index (χ1v) is 5.73. The van der Waals surface area contributed by atoms with E-state index < -0.39 is 0 Å². The van der Waals surface area contributed by atoms with Crippen LogP contribution >= 0.6 is 0 Å². The van der Waals surface area contributed by atoms with Gasteiger partial charge in [0.2, 0.25) is 0 Å². The van der Waals surface area contributed by atoms with Gasteiger partial charge in [0.05, 0.1) is 6.61 Å². The van der Waals surface area contributed by atoms with Crippen LogP contribution in [0, 0.1) is 0 Å². The third-order valence-corrected chi connectivity index (χ3v) is 3.13. The fraction of sp³-hybridized carbons (Fsp3) is 1.00. The largest absolute Gasteiger partial charge is 0.395 e. The van der Waals surface area contributed by atoms with E-state index in [-0.39, 0.29) is 0 Å². The summed E-state index contributed by atoms with van der Waals surface area (Å²) >= 11 is 0. The lowest BCUT2D eigenvalue weighted by atomic mass is 10.1. The monoisotopic (exact) mass is 185 g/mol. The zero-order valence-electron chi connectivity index (χ0n) is 8.84. The molecule has 0 bridgehead atoms. The maximum absolute atomic E-state index is 8.93. The summed E-state index contributed by atoms with van der Waals surface area (Å²) in [6.07, 6.45) is 8.27. The second-order valence-electron chi connectivity index (χ2n) is 4.00. The molecule has 0 atom stereocenters. The Morgan fingerprint density at radius 2 is 1.77 bits per heavy atom. The van der Waals surface area contributed by atoms with Crippen LogP contribution in [0.25, 0.3) is 0 Å². The van der Waals surface area contributed by atoms with Gasteiger partial charge in [0.25, 0.3) is 0 Å². The first kappa shape index (κ1) is 11.0. The Kier molecular flexibility index (Phi) is 5.40. The number of aliphatic hydroxyl groups is 1. The second-order valence-corrected chi connectivity index (χ2v) is 4.00. The van der Waals surface area contributed by atoms with Crippen LogP contribution in [0.1, 0.15) is 45.4 Å². The highest BCUT2D eigenvalue weighted by Gasteiger charge is 2.17. The number of rotatable bonds is 4. The topological polar surface area (TPSA) is 23.5 Å². The molecule has 1 N–H and O–H groups in total. The number of hydrogen-bond donors (Lipinski definition) is 1. The van der Waals surface area contributed by atoms with Gasteiger partial charge in [-0.25, -0.2) is 0 Å². The lowest BCUT2D eigenvalue weighted by Crippen LogP contribution is -2.36. The standard InChI is InChI=1S/C11H23NO/c1-2-12(9-10-13)11-7-5-3-4-6-8-11/h11,13H,2-10H2,1H3. The molecule has 1 fully saturated rings. The van der Waals surface area contributed by atoms with E-state index in [4.69, 9.17) is 5.11 Å². The molecule has 0 aromatic heterocycles. The molecule has 0 unspecified atom stereocenters. The maximum atomic E-state index is 8.93. The average molecular weight is 185 g/mol. The molecular formula is C11H23NO. The van der Waals surface area contributed by atoms with Crippen molar-refractivity contribution in [2.75, 3.05) is 19.7 Å². The Bertz CT molecular complexity index is 119. The SMILES string of the molecule is CCN(CCO)C1CCCCCC1.